The van der Waals surface area contributed by atoms with Crippen LogP contribution < -0.4 is 16.3 Å². The first-order valence-electron chi connectivity index (χ1n) is 7.54. The molecule has 1 aromatic heterocycles. The monoisotopic (exact) mass is 347 g/mol. The molecule has 1 aliphatic rings. The maximum atomic E-state index is 12.3. The summed E-state index contributed by atoms with van der Waals surface area (Å²) in [7, 11) is -3.24. The molecule has 1 aliphatic heterocycles. The maximum Gasteiger partial charge on any atom is 0.356 e. The van der Waals surface area contributed by atoms with Gasteiger partial charge in [0.25, 0.3) is 5.56 Å². The highest BCUT2D eigenvalue weighted by Gasteiger charge is 2.29. The molecule has 130 valence electrons. The van der Waals surface area contributed by atoms with Gasteiger partial charge in [-0.2, -0.15) is 0 Å². The van der Waals surface area contributed by atoms with Crippen LogP contribution >= 0.6 is 7.60 Å². The first-order valence-corrected chi connectivity index (χ1v) is 9.27. The quantitative estimate of drug-likeness (QED) is 0.683. The van der Waals surface area contributed by atoms with Crippen molar-refractivity contribution < 1.29 is 18.3 Å². The molecule has 1 atom stereocenters. The fourth-order valence-electron chi connectivity index (χ4n) is 2.38. The van der Waals surface area contributed by atoms with Crippen LogP contribution in [0.1, 0.15) is 20.3 Å². The minimum atomic E-state index is -3.24. The van der Waals surface area contributed by atoms with E-state index < -0.39 is 18.8 Å². The molecule has 0 amide bonds. The molecule has 0 aliphatic carbocycles. The minimum Gasteiger partial charge on any atom is -0.364 e. The Labute approximate surface area is 133 Å². The second-order valence-corrected chi connectivity index (χ2v) is 7.02. The summed E-state index contributed by atoms with van der Waals surface area (Å²) in [6, 6.07) is 1.29. The van der Waals surface area contributed by atoms with Crippen LogP contribution in [0.5, 0.6) is 0 Å². The van der Waals surface area contributed by atoms with Crippen molar-refractivity contribution in [1.29, 1.82) is 0 Å². The number of aromatic amines is 1. The van der Waals surface area contributed by atoms with Crippen LogP contribution in [0.4, 0.5) is 0 Å². The number of aromatic nitrogens is 2. The summed E-state index contributed by atoms with van der Waals surface area (Å²) in [5.74, 6) is 0. The van der Waals surface area contributed by atoms with Gasteiger partial charge >= 0.3 is 13.3 Å². The summed E-state index contributed by atoms with van der Waals surface area (Å²) in [4.78, 5) is 25.1. The predicted molar refractivity (Wildman–Crippen MR) is 84.5 cm³/mol. The Kier molecular flexibility index (Phi) is 6.17. The summed E-state index contributed by atoms with van der Waals surface area (Å²) in [6.45, 7) is 5.08. The summed E-state index contributed by atoms with van der Waals surface area (Å²) in [6.07, 6.45) is 1.79. The highest BCUT2D eigenvalue weighted by atomic mass is 31.2. The van der Waals surface area contributed by atoms with E-state index in [2.05, 4.69) is 4.98 Å². The molecule has 1 saturated heterocycles. The van der Waals surface area contributed by atoms with E-state index in [1.54, 1.807) is 18.9 Å². The normalized spacial score (nSPS) is 18.5. The standard InChI is InChI=1S/C13H22N3O6P/c1-3-21-23(19,22-4-2)10-20-11-5-7-15(9-11)16-8-6-12(17)14-13(16)18/h6,8,11H,3-5,7,9-10H2,1-2H3,(H,14,17,18). The van der Waals surface area contributed by atoms with Gasteiger partial charge in [-0.05, 0) is 20.3 Å². The summed E-state index contributed by atoms with van der Waals surface area (Å²) in [5.41, 5.74) is -0.930. The van der Waals surface area contributed by atoms with Gasteiger partial charge in [0.05, 0.1) is 25.9 Å². The van der Waals surface area contributed by atoms with Crippen LogP contribution in [-0.4, -0.2) is 48.4 Å². The third-order valence-corrected chi connectivity index (χ3v) is 5.12. The van der Waals surface area contributed by atoms with Crippen LogP contribution in [0, 0.1) is 0 Å². The first kappa shape index (κ1) is 17.9. The number of H-pyrrole nitrogens is 1. The number of hydrogen-bond acceptors (Lipinski definition) is 7. The Morgan fingerprint density at radius 2 is 2.00 bits per heavy atom. The molecule has 2 heterocycles. The lowest BCUT2D eigenvalue weighted by Gasteiger charge is -2.21. The van der Waals surface area contributed by atoms with Gasteiger partial charge in [-0.3, -0.25) is 14.3 Å². The van der Waals surface area contributed by atoms with E-state index in [0.29, 0.717) is 19.5 Å². The average Bonchev–Trinajstić information content (AvgIpc) is 2.94. The van der Waals surface area contributed by atoms with E-state index in [4.69, 9.17) is 13.8 Å². The number of ether oxygens (including phenoxy) is 1. The van der Waals surface area contributed by atoms with Gasteiger partial charge in [-0.1, -0.05) is 0 Å². The fourth-order valence-corrected chi connectivity index (χ4v) is 3.78. The van der Waals surface area contributed by atoms with E-state index in [1.807, 2.05) is 0 Å². The van der Waals surface area contributed by atoms with Crippen LogP contribution in [-0.2, 0) is 18.3 Å². The van der Waals surface area contributed by atoms with Gasteiger partial charge in [0, 0.05) is 18.8 Å². The molecule has 1 fully saturated rings. The zero-order valence-electron chi connectivity index (χ0n) is 13.3. The number of nitrogens with one attached hydrogen (secondary N) is 1. The highest BCUT2D eigenvalue weighted by molar-refractivity contribution is 7.53. The molecule has 0 spiro atoms. The molecule has 1 unspecified atom stereocenters. The van der Waals surface area contributed by atoms with Crippen molar-refractivity contribution in [1.82, 2.24) is 9.66 Å². The Balaban J connectivity index is 1.94. The van der Waals surface area contributed by atoms with Crippen molar-refractivity contribution in [2.24, 2.45) is 0 Å². The van der Waals surface area contributed by atoms with Crippen molar-refractivity contribution in [3.05, 3.63) is 33.1 Å². The molecule has 0 bridgehead atoms. The topological polar surface area (TPSA) is 103 Å². The molecule has 0 saturated carbocycles. The number of hydrogen-bond donors (Lipinski definition) is 1. The Bertz CT molecular complexity index is 662. The summed E-state index contributed by atoms with van der Waals surface area (Å²) in [5, 5.41) is 1.76. The van der Waals surface area contributed by atoms with Crippen LogP contribution in [0.25, 0.3) is 0 Å². The van der Waals surface area contributed by atoms with Gasteiger partial charge < -0.3 is 18.8 Å². The SMILES string of the molecule is CCOP(=O)(COC1CCN(n2ccc(=O)[nH]c2=O)C1)OCC. The molecule has 1 aromatic rings. The van der Waals surface area contributed by atoms with Crippen molar-refractivity contribution in [3.63, 3.8) is 0 Å². The lowest BCUT2D eigenvalue weighted by molar-refractivity contribution is 0.0786. The van der Waals surface area contributed by atoms with Gasteiger partial charge in [0.2, 0.25) is 0 Å². The minimum absolute atomic E-state index is 0.117. The first-order chi connectivity index (χ1) is 11.0. The number of rotatable bonds is 8. The predicted octanol–water partition coefficient (Wildman–Crippen LogP) is 0.487. The molecule has 0 radical (unpaired) electrons. The summed E-state index contributed by atoms with van der Waals surface area (Å²) < 4.78 is 29.7. The average molecular weight is 347 g/mol. The lowest BCUT2D eigenvalue weighted by Crippen LogP contribution is -2.43. The van der Waals surface area contributed by atoms with E-state index in [1.165, 1.54) is 16.9 Å². The van der Waals surface area contributed by atoms with E-state index in [-0.39, 0.29) is 25.7 Å². The van der Waals surface area contributed by atoms with Crippen LogP contribution in [0.3, 0.4) is 0 Å². The molecule has 10 heteroatoms. The van der Waals surface area contributed by atoms with Crippen molar-refractivity contribution in [2.45, 2.75) is 26.4 Å². The van der Waals surface area contributed by atoms with Crippen molar-refractivity contribution in [2.75, 3.05) is 37.7 Å². The molecule has 0 aromatic carbocycles. The van der Waals surface area contributed by atoms with Crippen molar-refractivity contribution >= 4 is 7.60 Å². The molecule has 9 nitrogen and oxygen atoms in total. The third kappa shape index (κ3) is 4.78. The molecular weight excluding hydrogens is 325 g/mol. The second kappa shape index (κ2) is 7.92. The van der Waals surface area contributed by atoms with E-state index >= 15 is 0 Å². The molecule has 23 heavy (non-hydrogen) atoms. The molecule has 1 N–H and O–H groups in total. The molecule has 2 rings (SSSR count). The van der Waals surface area contributed by atoms with E-state index in [0.717, 1.165) is 0 Å². The van der Waals surface area contributed by atoms with Gasteiger partial charge in [0.15, 0.2) is 0 Å². The Hall–Kier alpha value is -1.41. The largest absolute Gasteiger partial charge is 0.364 e. The van der Waals surface area contributed by atoms with Crippen LogP contribution in [0.2, 0.25) is 0 Å². The highest BCUT2D eigenvalue weighted by Crippen LogP contribution is 2.48. The Morgan fingerprint density at radius 1 is 1.30 bits per heavy atom. The fraction of sp³-hybridized carbons (Fsp3) is 0.692. The van der Waals surface area contributed by atoms with Crippen molar-refractivity contribution in [3.8, 4) is 0 Å². The summed E-state index contributed by atoms with van der Waals surface area (Å²) >= 11 is 0. The van der Waals surface area contributed by atoms with Gasteiger partial charge in [0.1, 0.15) is 6.35 Å². The Morgan fingerprint density at radius 3 is 2.61 bits per heavy atom. The van der Waals surface area contributed by atoms with Gasteiger partial charge in [-0.25, -0.2) is 9.47 Å². The van der Waals surface area contributed by atoms with Crippen LogP contribution in [0.15, 0.2) is 21.9 Å². The number of nitrogens with zero attached hydrogens (tertiary/aromatic N) is 2. The molecular formula is C13H22N3O6P. The van der Waals surface area contributed by atoms with E-state index in [9.17, 15) is 14.2 Å². The lowest BCUT2D eigenvalue weighted by atomic mass is 10.3. The zero-order chi connectivity index (χ0) is 16.9. The van der Waals surface area contributed by atoms with Gasteiger partial charge in [-0.15, -0.1) is 0 Å². The smallest absolute Gasteiger partial charge is 0.356 e. The maximum absolute atomic E-state index is 12.3. The zero-order valence-corrected chi connectivity index (χ0v) is 14.2. The second-order valence-electron chi connectivity index (χ2n) is 5.02. The third-order valence-electron chi connectivity index (χ3n) is 3.35.